The van der Waals surface area contributed by atoms with Gasteiger partial charge in [0.1, 0.15) is 0 Å². The Bertz CT molecular complexity index is 1010. The number of nitrogens with one attached hydrogen (secondary N) is 1. The molecule has 0 saturated heterocycles. The van der Waals surface area contributed by atoms with Gasteiger partial charge in [-0.1, -0.05) is 17.7 Å². The molecule has 30 heavy (non-hydrogen) atoms. The number of nitrogens with zero attached hydrogens (tertiary/aromatic N) is 1. The van der Waals surface area contributed by atoms with E-state index in [-0.39, 0.29) is 28.8 Å². The highest BCUT2D eigenvalue weighted by Gasteiger charge is 2.39. The Morgan fingerprint density at radius 3 is 2.57 bits per heavy atom. The van der Waals surface area contributed by atoms with Crippen LogP contribution in [-0.4, -0.2) is 43.9 Å². The van der Waals surface area contributed by atoms with Crippen LogP contribution in [0.2, 0.25) is 5.02 Å². The first-order chi connectivity index (χ1) is 14.0. The highest BCUT2D eigenvalue weighted by molar-refractivity contribution is 7.92. The lowest BCUT2D eigenvalue weighted by Gasteiger charge is -2.34. The zero-order valence-electron chi connectivity index (χ0n) is 15.5. The third kappa shape index (κ3) is 5.63. The largest absolute Gasteiger partial charge is 0.468 e. The predicted molar refractivity (Wildman–Crippen MR) is 103 cm³/mol. The second-order valence-electron chi connectivity index (χ2n) is 6.96. The molecule has 1 amide bonds. The number of halogens is 4. The van der Waals surface area contributed by atoms with Crippen molar-refractivity contribution in [3.05, 3.63) is 53.2 Å². The molecule has 1 saturated carbocycles. The number of alkyl halides is 3. The van der Waals surface area contributed by atoms with E-state index < -0.39 is 33.8 Å². The Morgan fingerprint density at radius 1 is 1.23 bits per heavy atom. The third-order valence-corrected chi connectivity index (χ3v) is 7.10. The Kier molecular flexibility index (Phi) is 6.56. The van der Waals surface area contributed by atoms with Crippen molar-refractivity contribution in [1.82, 2.24) is 10.3 Å². The molecule has 0 atom stereocenters. The van der Waals surface area contributed by atoms with Crippen LogP contribution in [0.5, 0.6) is 5.88 Å². The fourth-order valence-electron chi connectivity index (χ4n) is 3.03. The summed E-state index contributed by atoms with van der Waals surface area (Å²) in [4.78, 5) is 16.0. The average Bonchev–Trinajstić information content (AvgIpc) is 2.64. The fraction of sp³-hybridized carbons (Fsp3) is 0.368. The summed E-state index contributed by atoms with van der Waals surface area (Å²) >= 11 is 5.86. The lowest BCUT2D eigenvalue weighted by Crippen LogP contribution is -2.42. The molecule has 1 heterocycles. The molecule has 1 N–H and O–H groups in total. The van der Waals surface area contributed by atoms with Crippen LogP contribution >= 0.6 is 11.6 Å². The van der Waals surface area contributed by atoms with Crippen molar-refractivity contribution in [2.45, 2.75) is 29.2 Å². The van der Waals surface area contributed by atoms with Crippen molar-refractivity contribution in [1.29, 1.82) is 0 Å². The molecule has 1 aliphatic carbocycles. The van der Waals surface area contributed by atoms with Crippen LogP contribution in [0.15, 0.2) is 47.5 Å². The minimum absolute atomic E-state index is 0.00950. The minimum atomic E-state index is -4.47. The van der Waals surface area contributed by atoms with E-state index >= 15 is 0 Å². The van der Waals surface area contributed by atoms with E-state index in [1.165, 1.54) is 24.3 Å². The summed E-state index contributed by atoms with van der Waals surface area (Å²) in [5.41, 5.74) is 0.164. The van der Waals surface area contributed by atoms with Crippen LogP contribution in [-0.2, 0) is 9.84 Å². The number of amides is 1. The standard InChI is InChI=1S/C19H18ClF3N2O4S/c20-14-2-1-3-15(8-14)30(27,28)16-6-12(7-16)9-25-18(26)13-4-5-17(24-10-13)29-11-19(21,22)23/h1-5,8,10,12,16H,6-7,9,11H2,(H,25,26). The molecule has 162 valence electrons. The third-order valence-electron chi connectivity index (χ3n) is 4.69. The number of hydrogen-bond acceptors (Lipinski definition) is 5. The maximum absolute atomic E-state index is 12.6. The van der Waals surface area contributed by atoms with Crippen LogP contribution in [0, 0.1) is 5.92 Å². The van der Waals surface area contributed by atoms with Gasteiger partial charge in [0, 0.05) is 23.8 Å². The number of rotatable bonds is 7. The molecule has 0 bridgehead atoms. The molecule has 1 aliphatic rings. The number of ether oxygens (including phenoxy) is 1. The Hall–Kier alpha value is -2.33. The lowest BCUT2D eigenvalue weighted by molar-refractivity contribution is -0.154. The molecule has 0 aliphatic heterocycles. The Labute approximate surface area is 176 Å². The van der Waals surface area contributed by atoms with Gasteiger partial charge in [-0.2, -0.15) is 13.2 Å². The summed E-state index contributed by atoms with van der Waals surface area (Å²) in [6.07, 6.45) is -2.53. The summed E-state index contributed by atoms with van der Waals surface area (Å²) in [5, 5.41) is 2.51. The van der Waals surface area contributed by atoms with Crippen LogP contribution in [0.3, 0.4) is 0 Å². The van der Waals surface area contributed by atoms with Gasteiger partial charge < -0.3 is 10.1 Å². The molecule has 1 aromatic heterocycles. The molecule has 0 spiro atoms. The highest BCUT2D eigenvalue weighted by Crippen LogP contribution is 2.36. The maximum Gasteiger partial charge on any atom is 0.422 e. The van der Waals surface area contributed by atoms with Crippen molar-refractivity contribution in [2.75, 3.05) is 13.2 Å². The number of aromatic nitrogens is 1. The van der Waals surface area contributed by atoms with Gasteiger partial charge in [-0.3, -0.25) is 4.79 Å². The maximum atomic E-state index is 12.6. The normalized spacial score (nSPS) is 19.1. The molecular weight excluding hydrogens is 445 g/mol. The van der Waals surface area contributed by atoms with Crippen LogP contribution < -0.4 is 10.1 Å². The van der Waals surface area contributed by atoms with Gasteiger partial charge in [0.15, 0.2) is 16.4 Å². The quantitative estimate of drug-likeness (QED) is 0.678. The van der Waals surface area contributed by atoms with Crippen LogP contribution in [0.25, 0.3) is 0 Å². The van der Waals surface area contributed by atoms with Gasteiger partial charge in [0.25, 0.3) is 5.91 Å². The van der Waals surface area contributed by atoms with E-state index in [0.29, 0.717) is 17.9 Å². The number of carbonyl (C=O) groups excluding carboxylic acids is 1. The molecule has 3 rings (SSSR count). The number of pyridine rings is 1. The van der Waals surface area contributed by atoms with Crippen LogP contribution in [0.4, 0.5) is 13.2 Å². The van der Waals surface area contributed by atoms with E-state index in [0.717, 1.165) is 6.20 Å². The first kappa shape index (κ1) is 22.4. The summed E-state index contributed by atoms with van der Waals surface area (Å²) in [5.74, 6) is -0.682. The summed E-state index contributed by atoms with van der Waals surface area (Å²) in [6.45, 7) is -1.18. The van der Waals surface area contributed by atoms with Crippen molar-refractivity contribution in [2.24, 2.45) is 5.92 Å². The zero-order chi connectivity index (χ0) is 21.9. The topological polar surface area (TPSA) is 85.4 Å². The first-order valence-electron chi connectivity index (χ1n) is 8.98. The van der Waals surface area contributed by atoms with Gasteiger partial charge in [0.2, 0.25) is 5.88 Å². The average molecular weight is 463 g/mol. The fourth-order valence-corrected chi connectivity index (χ4v) is 5.28. The second-order valence-corrected chi connectivity index (χ2v) is 9.63. The smallest absolute Gasteiger partial charge is 0.422 e. The number of hydrogen-bond donors (Lipinski definition) is 1. The van der Waals surface area contributed by atoms with E-state index in [1.807, 2.05) is 0 Å². The molecule has 2 aromatic rings. The van der Waals surface area contributed by atoms with Gasteiger partial charge in [-0.05, 0) is 43.0 Å². The molecular formula is C19H18ClF3N2O4S. The molecule has 1 aromatic carbocycles. The molecule has 0 unspecified atom stereocenters. The van der Waals surface area contributed by atoms with Crippen LogP contribution in [0.1, 0.15) is 23.2 Å². The van der Waals surface area contributed by atoms with Gasteiger partial charge in [0.05, 0.1) is 15.7 Å². The van der Waals surface area contributed by atoms with E-state index in [4.69, 9.17) is 11.6 Å². The summed E-state index contributed by atoms with van der Waals surface area (Å²) in [6, 6.07) is 8.59. The number of sulfone groups is 1. The van der Waals surface area contributed by atoms with Gasteiger partial charge in [-0.15, -0.1) is 0 Å². The second kappa shape index (κ2) is 8.81. The molecule has 1 fully saturated rings. The Balaban J connectivity index is 1.46. The van der Waals surface area contributed by atoms with Crippen molar-refractivity contribution >= 4 is 27.3 Å². The predicted octanol–water partition coefficient (Wildman–Crippen LogP) is 3.66. The van der Waals surface area contributed by atoms with Crippen molar-refractivity contribution in [3.63, 3.8) is 0 Å². The van der Waals surface area contributed by atoms with Crippen molar-refractivity contribution in [3.8, 4) is 5.88 Å². The Morgan fingerprint density at radius 2 is 1.97 bits per heavy atom. The van der Waals surface area contributed by atoms with E-state index in [9.17, 15) is 26.4 Å². The number of carbonyl (C=O) groups is 1. The highest BCUT2D eigenvalue weighted by atomic mass is 35.5. The SMILES string of the molecule is O=C(NCC1CC(S(=O)(=O)c2cccc(Cl)c2)C1)c1ccc(OCC(F)(F)F)nc1. The monoisotopic (exact) mass is 462 g/mol. The first-order valence-corrected chi connectivity index (χ1v) is 10.9. The molecule has 11 heteroatoms. The van der Waals surface area contributed by atoms with E-state index in [2.05, 4.69) is 15.0 Å². The minimum Gasteiger partial charge on any atom is -0.468 e. The zero-order valence-corrected chi connectivity index (χ0v) is 17.1. The molecule has 6 nitrogen and oxygen atoms in total. The molecule has 0 radical (unpaired) electrons. The van der Waals surface area contributed by atoms with E-state index in [1.54, 1.807) is 12.1 Å². The van der Waals surface area contributed by atoms with Gasteiger partial charge in [-0.25, -0.2) is 13.4 Å². The lowest BCUT2D eigenvalue weighted by atomic mass is 9.85. The summed E-state index contributed by atoms with van der Waals surface area (Å²) in [7, 11) is -3.47. The van der Waals surface area contributed by atoms with Gasteiger partial charge >= 0.3 is 6.18 Å². The van der Waals surface area contributed by atoms with Crippen molar-refractivity contribution < 1.29 is 31.1 Å². The summed E-state index contributed by atoms with van der Waals surface area (Å²) < 4.78 is 66.0. The number of benzene rings is 1.